The van der Waals surface area contributed by atoms with Crippen molar-refractivity contribution < 1.29 is 0 Å². The van der Waals surface area contributed by atoms with E-state index in [0.29, 0.717) is 5.41 Å². The Morgan fingerprint density at radius 2 is 1.93 bits per heavy atom. The van der Waals surface area contributed by atoms with Gasteiger partial charge in [-0.05, 0) is 101 Å². The Bertz CT molecular complexity index is 1210. The van der Waals surface area contributed by atoms with Crippen molar-refractivity contribution in [1.29, 1.82) is 0 Å². The van der Waals surface area contributed by atoms with Gasteiger partial charge in [0.2, 0.25) is 0 Å². The number of benzene rings is 2. The maximum Gasteiger partial charge on any atom is 0.0399 e. The average molecular weight is 381 g/mol. The maximum absolute atomic E-state index is 2.50. The van der Waals surface area contributed by atoms with E-state index in [0.717, 1.165) is 23.7 Å². The highest BCUT2D eigenvalue weighted by molar-refractivity contribution is 7.20. The Morgan fingerprint density at radius 3 is 2.93 bits per heavy atom. The van der Waals surface area contributed by atoms with E-state index in [1.54, 1.807) is 37.9 Å². The molecule has 1 heterocycles. The van der Waals surface area contributed by atoms with E-state index >= 15 is 0 Å². The lowest BCUT2D eigenvalue weighted by atomic mass is 9.61. The molecule has 5 aliphatic rings. The summed E-state index contributed by atoms with van der Waals surface area (Å²) in [6, 6.07) is 14.4. The zero-order chi connectivity index (χ0) is 18.0. The van der Waals surface area contributed by atoms with Gasteiger partial charge >= 0.3 is 0 Å². The number of thiophene rings is 1. The fourth-order valence-electron chi connectivity index (χ4n) is 8.53. The third-order valence-corrected chi connectivity index (χ3v) is 10.5. The van der Waals surface area contributed by atoms with Crippen LogP contribution < -0.4 is 0 Å². The molecule has 8 rings (SSSR count). The van der Waals surface area contributed by atoms with Crippen LogP contribution >= 0.6 is 11.3 Å². The summed E-state index contributed by atoms with van der Waals surface area (Å²) in [6.07, 6.45) is 13.1. The summed E-state index contributed by atoms with van der Waals surface area (Å²) in [6.45, 7) is 0. The minimum absolute atomic E-state index is 0.320. The first-order chi connectivity index (χ1) is 13.9. The molecule has 3 unspecified atom stereocenters. The fraction of sp³-hybridized carbons (Fsp3) is 0.407. The molecule has 0 saturated heterocycles. The van der Waals surface area contributed by atoms with Crippen molar-refractivity contribution in [2.75, 3.05) is 0 Å². The van der Waals surface area contributed by atoms with Gasteiger partial charge < -0.3 is 0 Å². The van der Waals surface area contributed by atoms with Gasteiger partial charge in [0.1, 0.15) is 0 Å². The van der Waals surface area contributed by atoms with Crippen molar-refractivity contribution in [1.82, 2.24) is 0 Å². The van der Waals surface area contributed by atoms with Gasteiger partial charge in [-0.3, -0.25) is 0 Å². The van der Waals surface area contributed by atoms with Crippen LogP contribution in [-0.2, 0) is 11.8 Å². The number of allylic oxidation sites excluding steroid dienone is 1. The van der Waals surface area contributed by atoms with E-state index in [1.165, 1.54) is 43.4 Å². The van der Waals surface area contributed by atoms with Gasteiger partial charge in [0.25, 0.3) is 0 Å². The van der Waals surface area contributed by atoms with E-state index in [4.69, 9.17) is 0 Å². The summed E-state index contributed by atoms with van der Waals surface area (Å²) < 4.78 is 1.64. The first-order valence-corrected chi connectivity index (χ1v) is 12.0. The lowest BCUT2D eigenvalue weighted by Gasteiger charge is -2.41. The van der Waals surface area contributed by atoms with Crippen molar-refractivity contribution >= 4 is 27.5 Å². The Kier molecular flexibility index (Phi) is 2.59. The summed E-state index contributed by atoms with van der Waals surface area (Å²) in [5.41, 5.74) is 8.53. The molecule has 3 saturated carbocycles. The first kappa shape index (κ1) is 15.0. The third-order valence-electron chi connectivity index (χ3n) is 9.24. The standard InChI is InChI=1S/C27H24S/c1-3-7-22-17(5-1)19-10-11-20-18-6-2-4-8-24(18)28-26(20)25(19)27(22)16-13-15-9-12-23(27)21(15)14-16/h1,3-5,7-8,10-11,15-16,21,23H,2,6,9,12-14H2/t15-,16+,21?,23?,27?/m1/s1. The monoisotopic (exact) mass is 380 g/mol. The van der Waals surface area contributed by atoms with Gasteiger partial charge in [-0.25, -0.2) is 0 Å². The minimum atomic E-state index is 0.320. The molecule has 138 valence electrons. The second kappa shape index (κ2) is 4.82. The molecule has 5 atom stereocenters. The van der Waals surface area contributed by atoms with Crippen LogP contribution in [0.2, 0.25) is 0 Å². The molecule has 3 aromatic rings. The van der Waals surface area contributed by atoms with Crippen LogP contribution in [-0.4, -0.2) is 0 Å². The van der Waals surface area contributed by atoms with Gasteiger partial charge in [0, 0.05) is 15.0 Å². The smallest absolute Gasteiger partial charge is 0.0399 e. The predicted molar refractivity (Wildman–Crippen MR) is 118 cm³/mol. The fourth-order valence-corrected chi connectivity index (χ4v) is 9.93. The molecular weight excluding hydrogens is 356 g/mol. The normalized spacial score (nSPS) is 35.7. The maximum atomic E-state index is 2.50. The van der Waals surface area contributed by atoms with Crippen LogP contribution in [0.5, 0.6) is 0 Å². The highest BCUT2D eigenvalue weighted by atomic mass is 32.1. The van der Waals surface area contributed by atoms with E-state index in [2.05, 4.69) is 59.9 Å². The van der Waals surface area contributed by atoms with Gasteiger partial charge in [0.05, 0.1) is 0 Å². The molecule has 3 fully saturated rings. The van der Waals surface area contributed by atoms with E-state index < -0.39 is 0 Å². The highest BCUT2D eigenvalue weighted by Crippen LogP contribution is 2.74. The lowest BCUT2D eigenvalue weighted by molar-refractivity contribution is 0.224. The molecule has 2 bridgehead atoms. The predicted octanol–water partition coefficient (Wildman–Crippen LogP) is 7.19. The van der Waals surface area contributed by atoms with E-state index in [-0.39, 0.29) is 0 Å². The molecular formula is C27H24S. The number of rotatable bonds is 0. The first-order valence-electron chi connectivity index (χ1n) is 11.2. The van der Waals surface area contributed by atoms with Crippen molar-refractivity contribution in [2.45, 2.75) is 43.9 Å². The molecule has 1 spiro atoms. The van der Waals surface area contributed by atoms with Crippen LogP contribution in [0.3, 0.4) is 0 Å². The van der Waals surface area contributed by atoms with Gasteiger partial charge in [0.15, 0.2) is 0 Å². The second-order valence-electron chi connectivity index (χ2n) is 9.94. The summed E-state index contributed by atoms with van der Waals surface area (Å²) in [7, 11) is 0. The Balaban J connectivity index is 1.53. The average Bonchev–Trinajstić information content (AvgIpc) is 3.48. The van der Waals surface area contributed by atoms with Crippen LogP contribution in [0.15, 0.2) is 42.5 Å². The van der Waals surface area contributed by atoms with Gasteiger partial charge in [-0.2, -0.15) is 0 Å². The number of hydrogen-bond acceptors (Lipinski definition) is 1. The summed E-state index contributed by atoms with van der Waals surface area (Å²) in [5.74, 6) is 3.79. The summed E-state index contributed by atoms with van der Waals surface area (Å²) >= 11 is 2.10. The van der Waals surface area contributed by atoms with Crippen molar-refractivity contribution in [3.8, 4) is 11.1 Å². The van der Waals surface area contributed by atoms with E-state index in [1.807, 2.05) is 0 Å². The number of aryl methyl sites for hydroxylation is 1. The lowest BCUT2D eigenvalue weighted by Crippen LogP contribution is -2.39. The second-order valence-corrected chi connectivity index (χ2v) is 11.0. The van der Waals surface area contributed by atoms with Crippen molar-refractivity contribution in [2.24, 2.45) is 23.7 Å². The molecule has 1 heteroatoms. The van der Waals surface area contributed by atoms with Crippen molar-refractivity contribution in [3.05, 3.63) is 64.0 Å². The van der Waals surface area contributed by atoms with Crippen LogP contribution in [0.25, 0.3) is 27.3 Å². The zero-order valence-electron chi connectivity index (χ0n) is 16.1. The Labute approximate surface area is 170 Å². The summed E-state index contributed by atoms with van der Waals surface area (Å²) in [5, 5.41) is 1.58. The largest absolute Gasteiger partial charge is 0.135 e. The molecule has 5 aliphatic carbocycles. The minimum Gasteiger partial charge on any atom is -0.135 e. The molecule has 28 heavy (non-hydrogen) atoms. The topological polar surface area (TPSA) is 0 Å². The quantitative estimate of drug-likeness (QED) is 0.387. The third kappa shape index (κ3) is 1.46. The Hall–Kier alpha value is -1.86. The van der Waals surface area contributed by atoms with Crippen LogP contribution in [0.1, 0.15) is 53.7 Å². The molecule has 1 aromatic heterocycles. The molecule has 0 amide bonds. The number of fused-ring (bicyclic) bond motifs is 12. The van der Waals surface area contributed by atoms with Gasteiger partial charge in [-0.15, -0.1) is 11.3 Å². The van der Waals surface area contributed by atoms with Crippen LogP contribution in [0.4, 0.5) is 0 Å². The molecule has 0 aliphatic heterocycles. The highest BCUT2D eigenvalue weighted by Gasteiger charge is 2.67. The molecule has 0 nitrogen and oxygen atoms in total. The van der Waals surface area contributed by atoms with Crippen molar-refractivity contribution in [3.63, 3.8) is 0 Å². The zero-order valence-corrected chi connectivity index (χ0v) is 16.9. The molecule has 0 radical (unpaired) electrons. The summed E-state index contributed by atoms with van der Waals surface area (Å²) in [4.78, 5) is 1.54. The molecule has 0 N–H and O–H groups in total. The number of hydrogen-bond donors (Lipinski definition) is 0. The van der Waals surface area contributed by atoms with E-state index in [9.17, 15) is 0 Å². The van der Waals surface area contributed by atoms with Gasteiger partial charge in [-0.1, -0.05) is 42.5 Å². The SMILES string of the molecule is C1=Cc2sc3c4c(ccc3c2CC1)-c1ccccc1C41C2CC[C@@H]3C[C@H]1CC23. The molecule has 2 aromatic carbocycles. The van der Waals surface area contributed by atoms with Crippen LogP contribution in [0, 0.1) is 23.7 Å². The Morgan fingerprint density at radius 1 is 0.964 bits per heavy atom.